The molecule has 1 N–H and O–H groups in total. The molecule has 11 heteroatoms. The van der Waals surface area contributed by atoms with Crippen LogP contribution in [0.2, 0.25) is 0 Å². The second-order valence-corrected chi connectivity index (χ2v) is 9.83. The number of hydrogen-bond donors (Lipinski definition) is 1. The number of aliphatic hydroxyl groups excluding tert-OH is 1. The fourth-order valence-electron chi connectivity index (χ4n) is 3.76. The zero-order chi connectivity index (χ0) is 22.2. The zero-order valence-electron chi connectivity index (χ0n) is 17.7. The largest absolute Gasteiger partial charge is 0.388 e. The fourth-order valence-corrected chi connectivity index (χ4v) is 5.15. The maximum atomic E-state index is 12.9. The van der Waals surface area contributed by atoms with Gasteiger partial charge in [-0.25, -0.2) is 18.2 Å². The van der Waals surface area contributed by atoms with Gasteiger partial charge < -0.3 is 14.2 Å². The summed E-state index contributed by atoms with van der Waals surface area (Å²) >= 11 is 0. The third-order valence-electron chi connectivity index (χ3n) is 6.02. The van der Waals surface area contributed by atoms with Gasteiger partial charge in [-0.05, 0) is 32.1 Å². The maximum absolute atomic E-state index is 12.9. The van der Waals surface area contributed by atoms with Gasteiger partial charge in [-0.3, -0.25) is 9.36 Å². The van der Waals surface area contributed by atoms with Crippen LogP contribution in [-0.4, -0.2) is 49.6 Å². The Balaban J connectivity index is 1.74. The lowest BCUT2D eigenvalue weighted by Crippen LogP contribution is -2.42. The minimum Gasteiger partial charge on any atom is -0.388 e. The first-order valence-corrected chi connectivity index (χ1v) is 11.5. The molecule has 30 heavy (non-hydrogen) atoms. The predicted molar refractivity (Wildman–Crippen MR) is 111 cm³/mol. The summed E-state index contributed by atoms with van der Waals surface area (Å²) in [5, 5.41) is 10.8. The van der Waals surface area contributed by atoms with Gasteiger partial charge in [0, 0.05) is 45.6 Å². The molecule has 0 radical (unpaired) electrons. The van der Waals surface area contributed by atoms with E-state index in [0.29, 0.717) is 12.8 Å². The van der Waals surface area contributed by atoms with Crippen LogP contribution in [0, 0.1) is 5.92 Å². The molecule has 2 atom stereocenters. The van der Waals surface area contributed by atoms with Crippen LogP contribution in [0.25, 0.3) is 0 Å². The predicted octanol–water partition coefficient (Wildman–Crippen LogP) is 0.386. The Morgan fingerprint density at radius 1 is 1.20 bits per heavy atom. The monoisotopic (exact) mass is 439 g/mol. The van der Waals surface area contributed by atoms with Crippen LogP contribution in [0.15, 0.2) is 33.3 Å². The second kappa shape index (κ2) is 8.48. The highest BCUT2D eigenvalue weighted by molar-refractivity contribution is 7.89. The Kier molecular flexibility index (Phi) is 6.34. The summed E-state index contributed by atoms with van der Waals surface area (Å²) in [6, 6.07) is 0.159. The number of aryl methyl sites for hydroxylation is 1. The minimum atomic E-state index is -3.72. The average molecular weight is 440 g/mol. The van der Waals surface area contributed by atoms with Crippen molar-refractivity contribution in [3.63, 3.8) is 0 Å². The highest BCUT2D eigenvalue weighted by Gasteiger charge is 2.34. The highest BCUT2D eigenvalue weighted by Crippen LogP contribution is 2.31. The number of aliphatic hydroxyl groups is 1. The molecule has 2 unspecified atom stereocenters. The summed E-state index contributed by atoms with van der Waals surface area (Å²) < 4.78 is 31.3. The van der Waals surface area contributed by atoms with E-state index in [1.54, 1.807) is 10.8 Å². The number of hydrogen-bond acceptors (Lipinski definition) is 6. The van der Waals surface area contributed by atoms with Crippen molar-refractivity contribution in [2.75, 3.05) is 13.1 Å². The van der Waals surface area contributed by atoms with Crippen LogP contribution >= 0.6 is 0 Å². The van der Waals surface area contributed by atoms with Crippen molar-refractivity contribution in [1.82, 2.24) is 23.0 Å². The van der Waals surface area contributed by atoms with Crippen LogP contribution < -0.4 is 11.2 Å². The molecule has 2 aromatic rings. The molecular weight excluding hydrogens is 410 g/mol. The third kappa shape index (κ3) is 4.01. The molecule has 1 saturated heterocycles. The Hall–Kier alpha value is -2.24. The van der Waals surface area contributed by atoms with E-state index in [1.165, 1.54) is 35.5 Å². The first kappa shape index (κ1) is 22.4. The van der Waals surface area contributed by atoms with Gasteiger partial charge in [0.05, 0.1) is 18.0 Å². The van der Waals surface area contributed by atoms with Crippen molar-refractivity contribution in [2.24, 2.45) is 20.0 Å². The van der Waals surface area contributed by atoms with Gasteiger partial charge >= 0.3 is 5.69 Å². The van der Waals surface area contributed by atoms with E-state index in [1.807, 2.05) is 13.8 Å². The first-order valence-electron chi connectivity index (χ1n) is 10.1. The number of rotatable bonds is 6. The van der Waals surface area contributed by atoms with Crippen molar-refractivity contribution in [1.29, 1.82) is 0 Å². The van der Waals surface area contributed by atoms with Gasteiger partial charge in [0.25, 0.3) is 15.6 Å². The van der Waals surface area contributed by atoms with Crippen molar-refractivity contribution in [3.8, 4) is 0 Å². The zero-order valence-corrected chi connectivity index (χ0v) is 18.5. The van der Waals surface area contributed by atoms with Gasteiger partial charge in [-0.2, -0.15) is 4.31 Å². The summed E-state index contributed by atoms with van der Waals surface area (Å²) in [5.41, 5.74) is -0.849. The van der Waals surface area contributed by atoms with E-state index in [2.05, 4.69) is 4.98 Å². The Morgan fingerprint density at radius 3 is 2.43 bits per heavy atom. The summed E-state index contributed by atoms with van der Waals surface area (Å²) in [5.74, 6) is -0.278. The molecule has 3 rings (SSSR count). The quantitative estimate of drug-likeness (QED) is 0.695. The fraction of sp³-hybridized carbons (Fsp3) is 0.632. The molecule has 1 fully saturated rings. The highest BCUT2D eigenvalue weighted by atomic mass is 32.2. The first-order chi connectivity index (χ1) is 14.1. The van der Waals surface area contributed by atoms with Crippen LogP contribution in [0.1, 0.15) is 50.8 Å². The van der Waals surface area contributed by atoms with Gasteiger partial charge in [0.15, 0.2) is 5.03 Å². The standard InChI is InChI=1S/C19H29N5O5S/c1-5-13(2)23-11-16(20-12-23)30(28,29)24-8-6-14(7-9-24)17(25)15-10-21(3)19(27)22(4)18(15)26/h10-14,17,25H,5-9H2,1-4H3. The van der Waals surface area contributed by atoms with Gasteiger partial charge in [0.2, 0.25) is 0 Å². The van der Waals surface area contributed by atoms with Crippen LogP contribution in [0.4, 0.5) is 0 Å². The molecule has 3 heterocycles. The molecule has 2 aromatic heterocycles. The molecule has 0 bridgehead atoms. The normalized spacial score (nSPS) is 18.4. The number of sulfonamides is 1. The summed E-state index contributed by atoms with van der Waals surface area (Å²) in [7, 11) is -0.826. The molecule has 0 amide bonds. The Morgan fingerprint density at radius 2 is 1.83 bits per heavy atom. The lowest BCUT2D eigenvalue weighted by Gasteiger charge is -2.33. The molecular formula is C19H29N5O5S. The van der Waals surface area contributed by atoms with E-state index in [0.717, 1.165) is 11.0 Å². The molecule has 0 saturated carbocycles. The lowest BCUT2D eigenvalue weighted by molar-refractivity contribution is 0.0738. The molecule has 0 aromatic carbocycles. The third-order valence-corrected chi connectivity index (χ3v) is 7.80. The molecule has 166 valence electrons. The topological polar surface area (TPSA) is 119 Å². The SMILES string of the molecule is CCC(C)n1cnc(S(=O)(=O)N2CCC(C(O)c3cn(C)c(=O)n(C)c3=O)CC2)c1. The van der Waals surface area contributed by atoms with Crippen molar-refractivity contribution in [2.45, 2.75) is 50.3 Å². The minimum absolute atomic E-state index is 0.0220. The number of aromatic nitrogens is 4. The van der Waals surface area contributed by atoms with E-state index in [-0.39, 0.29) is 35.6 Å². The molecule has 1 aliphatic heterocycles. The second-order valence-electron chi connectivity index (χ2n) is 7.94. The van der Waals surface area contributed by atoms with Crippen LogP contribution in [0.3, 0.4) is 0 Å². The smallest absolute Gasteiger partial charge is 0.330 e. The van der Waals surface area contributed by atoms with Crippen LogP contribution in [0.5, 0.6) is 0 Å². The number of piperidine rings is 1. The number of nitrogens with zero attached hydrogens (tertiary/aromatic N) is 5. The molecule has 0 aliphatic carbocycles. The van der Waals surface area contributed by atoms with Crippen molar-refractivity contribution in [3.05, 3.63) is 45.1 Å². The summed E-state index contributed by atoms with van der Waals surface area (Å²) in [6.07, 6.45) is 5.05. The molecule has 1 aliphatic rings. The van der Waals surface area contributed by atoms with E-state index < -0.39 is 27.4 Å². The average Bonchev–Trinajstić information content (AvgIpc) is 3.25. The molecule has 0 spiro atoms. The van der Waals surface area contributed by atoms with Gasteiger partial charge in [-0.15, -0.1) is 0 Å². The Labute approximate surface area is 175 Å². The Bertz CT molecular complexity index is 1120. The lowest BCUT2D eigenvalue weighted by atomic mass is 9.89. The van der Waals surface area contributed by atoms with Crippen molar-refractivity contribution >= 4 is 10.0 Å². The van der Waals surface area contributed by atoms with E-state index in [9.17, 15) is 23.1 Å². The van der Waals surface area contributed by atoms with Crippen molar-refractivity contribution < 1.29 is 13.5 Å². The van der Waals surface area contributed by atoms with Crippen LogP contribution in [-0.2, 0) is 24.1 Å². The molecule has 10 nitrogen and oxygen atoms in total. The van der Waals surface area contributed by atoms with E-state index in [4.69, 9.17) is 0 Å². The van der Waals surface area contributed by atoms with Gasteiger partial charge in [-0.1, -0.05) is 6.92 Å². The number of imidazole rings is 1. The van der Waals surface area contributed by atoms with E-state index >= 15 is 0 Å². The van der Waals surface area contributed by atoms with Gasteiger partial charge in [0.1, 0.15) is 0 Å². The maximum Gasteiger partial charge on any atom is 0.330 e. The summed E-state index contributed by atoms with van der Waals surface area (Å²) in [6.45, 7) is 4.47. The summed E-state index contributed by atoms with van der Waals surface area (Å²) in [4.78, 5) is 28.3.